The van der Waals surface area contributed by atoms with Crippen molar-refractivity contribution in [2.75, 3.05) is 0 Å². The van der Waals surface area contributed by atoms with Crippen molar-refractivity contribution in [3.63, 3.8) is 0 Å². The van der Waals surface area contributed by atoms with Gasteiger partial charge in [-0.05, 0) is 73.5 Å². The molecule has 2 rings (SSSR count). The fourth-order valence-corrected chi connectivity index (χ4v) is 4.39. The molecule has 2 aliphatic carbocycles. The standard InChI is InChI=1S/C22H38/c1-16-13-20(22(5,6)7)12-11-18(16)14-17-9-8-10-19(15-17)21(2,3)4/h9,18-20H,1,8,10-15H2,2-7H3/t18-,19-,20+/m0/s1. The van der Waals surface area contributed by atoms with Crippen molar-refractivity contribution in [3.05, 3.63) is 23.8 Å². The molecule has 0 saturated heterocycles. The van der Waals surface area contributed by atoms with Crippen LogP contribution in [0, 0.1) is 28.6 Å². The summed E-state index contributed by atoms with van der Waals surface area (Å²) in [4.78, 5) is 0. The van der Waals surface area contributed by atoms with Crippen LogP contribution in [-0.4, -0.2) is 0 Å². The zero-order chi connectivity index (χ0) is 16.5. The molecule has 0 radical (unpaired) electrons. The number of rotatable bonds is 2. The lowest BCUT2D eigenvalue weighted by atomic mass is 9.66. The van der Waals surface area contributed by atoms with Gasteiger partial charge in [0.25, 0.3) is 0 Å². The SMILES string of the molecule is C=C1C[C@H](C(C)(C)C)CC[C@H]1CC1=CCC[C@H](C(C)(C)C)C1. The third-order valence-electron chi connectivity index (χ3n) is 6.36. The monoisotopic (exact) mass is 302 g/mol. The Morgan fingerprint density at radius 1 is 0.909 bits per heavy atom. The summed E-state index contributed by atoms with van der Waals surface area (Å²) in [5.74, 6) is 2.45. The molecule has 0 unspecified atom stereocenters. The van der Waals surface area contributed by atoms with Crippen molar-refractivity contribution >= 4 is 0 Å². The minimum atomic E-state index is 0.440. The maximum Gasteiger partial charge on any atom is -0.0168 e. The Labute approximate surface area is 139 Å². The molecule has 22 heavy (non-hydrogen) atoms. The van der Waals surface area contributed by atoms with Gasteiger partial charge in [-0.25, -0.2) is 0 Å². The second kappa shape index (κ2) is 6.54. The first kappa shape index (κ1) is 17.8. The fraction of sp³-hybridized carbons (Fsp3) is 0.818. The quantitative estimate of drug-likeness (QED) is 0.474. The average molecular weight is 303 g/mol. The maximum atomic E-state index is 4.47. The smallest absolute Gasteiger partial charge is 0.0168 e. The summed E-state index contributed by atoms with van der Waals surface area (Å²) in [5.41, 5.74) is 4.16. The molecule has 0 aromatic rings. The van der Waals surface area contributed by atoms with Crippen LogP contribution in [0.4, 0.5) is 0 Å². The summed E-state index contributed by atoms with van der Waals surface area (Å²) in [6.07, 6.45) is 11.8. The van der Waals surface area contributed by atoms with E-state index < -0.39 is 0 Å². The van der Waals surface area contributed by atoms with Crippen LogP contribution < -0.4 is 0 Å². The summed E-state index contributed by atoms with van der Waals surface area (Å²) in [6.45, 7) is 18.9. The molecular weight excluding hydrogens is 264 g/mol. The summed E-state index contributed by atoms with van der Waals surface area (Å²) in [6, 6.07) is 0. The molecule has 0 aromatic heterocycles. The van der Waals surface area contributed by atoms with E-state index in [9.17, 15) is 0 Å². The molecule has 1 saturated carbocycles. The topological polar surface area (TPSA) is 0 Å². The molecule has 0 aromatic carbocycles. The highest BCUT2D eigenvalue weighted by atomic mass is 14.4. The zero-order valence-electron chi connectivity index (χ0n) is 16.0. The Bertz CT molecular complexity index is 424. The predicted molar refractivity (Wildman–Crippen MR) is 98.9 cm³/mol. The number of hydrogen-bond acceptors (Lipinski definition) is 0. The minimum Gasteiger partial charge on any atom is -0.0996 e. The van der Waals surface area contributed by atoms with Gasteiger partial charge in [0.05, 0.1) is 0 Å². The van der Waals surface area contributed by atoms with E-state index in [2.05, 4.69) is 54.2 Å². The predicted octanol–water partition coefficient (Wildman–Crippen LogP) is 7.17. The average Bonchev–Trinajstić information content (AvgIpc) is 2.39. The molecule has 0 spiro atoms. The summed E-state index contributed by atoms with van der Waals surface area (Å²) in [7, 11) is 0. The third kappa shape index (κ3) is 4.49. The van der Waals surface area contributed by atoms with Crippen molar-refractivity contribution in [1.82, 2.24) is 0 Å². The normalized spacial score (nSPS) is 31.1. The Balaban J connectivity index is 1.92. The van der Waals surface area contributed by atoms with Crippen molar-refractivity contribution in [1.29, 1.82) is 0 Å². The van der Waals surface area contributed by atoms with Crippen LogP contribution in [0.2, 0.25) is 0 Å². The molecular formula is C22H38. The maximum absolute atomic E-state index is 4.47. The highest BCUT2D eigenvalue weighted by Crippen LogP contribution is 2.45. The van der Waals surface area contributed by atoms with Gasteiger partial charge >= 0.3 is 0 Å². The van der Waals surface area contributed by atoms with Crippen LogP contribution in [0.3, 0.4) is 0 Å². The Kier molecular flexibility index (Phi) is 5.30. The van der Waals surface area contributed by atoms with Gasteiger partial charge < -0.3 is 0 Å². The van der Waals surface area contributed by atoms with Gasteiger partial charge in [-0.1, -0.05) is 65.3 Å². The van der Waals surface area contributed by atoms with Crippen molar-refractivity contribution < 1.29 is 0 Å². The zero-order valence-corrected chi connectivity index (χ0v) is 16.0. The Hall–Kier alpha value is -0.520. The van der Waals surface area contributed by atoms with Crippen LogP contribution in [-0.2, 0) is 0 Å². The molecule has 0 nitrogen and oxygen atoms in total. The molecule has 0 bridgehead atoms. The second-order valence-electron chi connectivity index (χ2n) is 10.1. The third-order valence-corrected chi connectivity index (χ3v) is 6.36. The Morgan fingerprint density at radius 2 is 1.50 bits per heavy atom. The molecule has 0 N–H and O–H groups in total. The largest absolute Gasteiger partial charge is 0.0996 e. The van der Waals surface area contributed by atoms with Gasteiger partial charge in [0.2, 0.25) is 0 Å². The molecule has 0 aliphatic heterocycles. The van der Waals surface area contributed by atoms with Crippen LogP contribution >= 0.6 is 0 Å². The van der Waals surface area contributed by atoms with Gasteiger partial charge in [-0.15, -0.1) is 0 Å². The highest BCUT2D eigenvalue weighted by molar-refractivity contribution is 5.16. The molecule has 1 fully saturated rings. The van der Waals surface area contributed by atoms with Crippen LogP contribution in [0.1, 0.15) is 86.5 Å². The first-order valence-electron chi connectivity index (χ1n) is 9.43. The number of allylic oxidation sites excluding steroid dienone is 3. The van der Waals surface area contributed by atoms with E-state index >= 15 is 0 Å². The van der Waals surface area contributed by atoms with E-state index in [1.165, 1.54) is 50.5 Å². The molecule has 3 atom stereocenters. The summed E-state index contributed by atoms with van der Waals surface area (Å²) in [5, 5.41) is 0. The first-order valence-corrected chi connectivity index (χ1v) is 9.43. The van der Waals surface area contributed by atoms with Gasteiger partial charge in [0, 0.05) is 0 Å². The van der Waals surface area contributed by atoms with Crippen molar-refractivity contribution in [2.45, 2.75) is 86.5 Å². The van der Waals surface area contributed by atoms with E-state index in [-0.39, 0.29) is 0 Å². The van der Waals surface area contributed by atoms with Gasteiger partial charge in [-0.2, -0.15) is 0 Å². The van der Waals surface area contributed by atoms with Gasteiger partial charge in [0.15, 0.2) is 0 Å². The number of hydrogen-bond donors (Lipinski definition) is 0. The second-order valence-corrected chi connectivity index (χ2v) is 10.1. The van der Waals surface area contributed by atoms with Crippen LogP contribution in [0.5, 0.6) is 0 Å². The van der Waals surface area contributed by atoms with Crippen LogP contribution in [0.25, 0.3) is 0 Å². The lowest BCUT2D eigenvalue weighted by Crippen LogP contribution is -2.28. The van der Waals surface area contributed by atoms with E-state index in [1.54, 1.807) is 5.57 Å². The molecule has 0 heterocycles. The lowest BCUT2D eigenvalue weighted by Gasteiger charge is -2.40. The molecule has 126 valence electrons. The highest BCUT2D eigenvalue weighted by Gasteiger charge is 2.33. The van der Waals surface area contributed by atoms with E-state index in [0.29, 0.717) is 10.8 Å². The minimum absolute atomic E-state index is 0.440. The van der Waals surface area contributed by atoms with Crippen molar-refractivity contribution in [2.24, 2.45) is 28.6 Å². The molecule has 0 heteroatoms. The molecule has 0 amide bonds. The fourth-order valence-electron chi connectivity index (χ4n) is 4.39. The van der Waals surface area contributed by atoms with E-state index in [4.69, 9.17) is 0 Å². The lowest BCUT2D eigenvalue weighted by molar-refractivity contribution is 0.181. The van der Waals surface area contributed by atoms with Gasteiger partial charge in [0.1, 0.15) is 0 Å². The first-order chi connectivity index (χ1) is 10.1. The molecule has 2 aliphatic rings. The van der Waals surface area contributed by atoms with E-state index in [1.807, 2.05) is 0 Å². The summed E-state index contributed by atoms with van der Waals surface area (Å²) >= 11 is 0. The van der Waals surface area contributed by atoms with Crippen molar-refractivity contribution in [3.8, 4) is 0 Å². The van der Waals surface area contributed by atoms with Gasteiger partial charge in [-0.3, -0.25) is 0 Å². The van der Waals surface area contributed by atoms with Crippen LogP contribution in [0.15, 0.2) is 23.8 Å². The Morgan fingerprint density at radius 3 is 2.05 bits per heavy atom. The summed E-state index contributed by atoms with van der Waals surface area (Å²) < 4.78 is 0. The van der Waals surface area contributed by atoms with E-state index in [0.717, 1.165) is 17.8 Å².